The number of hydrogen-bond acceptors (Lipinski definition) is 3. The molecule has 1 aliphatic rings. The van der Waals surface area contributed by atoms with Gasteiger partial charge in [0.05, 0.1) is 12.7 Å². The highest BCUT2D eigenvalue weighted by Gasteiger charge is 2.36. The summed E-state index contributed by atoms with van der Waals surface area (Å²) in [7, 11) is 1.55. The maximum atomic E-state index is 12.7. The van der Waals surface area contributed by atoms with E-state index >= 15 is 0 Å². The molecule has 1 aliphatic heterocycles. The van der Waals surface area contributed by atoms with E-state index in [1.165, 1.54) is 0 Å². The second-order valence-electron chi connectivity index (χ2n) is 5.96. The minimum atomic E-state index is -0.0836. The SMILES string of the molecule is COc1ccc(Cl)cc1C(=O)N1CCC(N)C(C)(C)C1. The van der Waals surface area contributed by atoms with Crippen LogP contribution >= 0.6 is 11.6 Å². The lowest BCUT2D eigenvalue weighted by Gasteiger charge is -2.42. The van der Waals surface area contributed by atoms with Gasteiger partial charge in [-0.1, -0.05) is 25.4 Å². The number of carbonyl (C=O) groups is 1. The van der Waals surface area contributed by atoms with Crippen LogP contribution < -0.4 is 10.5 Å². The van der Waals surface area contributed by atoms with Crippen molar-refractivity contribution in [3.05, 3.63) is 28.8 Å². The zero-order chi connectivity index (χ0) is 14.9. The topological polar surface area (TPSA) is 55.6 Å². The van der Waals surface area contributed by atoms with Crippen molar-refractivity contribution in [2.75, 3.05) is 20.2 Å². The molecule has 1 aromatic rings. The Labute approximate surface area is 124 Å². The minimum Gasteiger partial charge on any atom is -0.496 e. The van der Waals surface area contributed by atoms with Crippen LogP contribution in [-0.2, 0) is 0 Å². The second kappa shape index (κ2) is 5.62. The number of hydrogen-bond donors (Lipinski definition) is 1. The summed E-state index contributed by atoms with van der Waals surface area (Å²) in [4.78, 5) is 14.5. The summed E-state index contributed by atoms with van der Waals surface area (Å²) >= 11 is 5.99. The molecule has 1 amide bonds. The fraction of sp³-hybridized carbons (Fsp3) is 0.533. The molecule has 2 rings (SSSR count). The zero-order valence-electron chi connectivity index (χ0n) is 12.1. The molecule has 1 saturated heterocycles. The molecule has 4 nitrogen and oxygen atoms in total. The number of nitrogens with zero attached hydrogens (tertiary/aromatic N) is 1. The van der Waals surface area contributed by atoms with Crippen molar-refractivity contribution in [1.29, 1.82) is 0 Å². The lowest BCUT2D eigenvalue weighted by molar-refractivity contribution is 0.0530. The van der Waals surface area contributed by atoms with Crippen molar-refractivity contribution in [3.63, 3.8) is 0 Å². The summed E-state index contributed by atoms with van der Waals surface area (Å²) in [5, 5.41) is 0.530. The van der Waals surface area contributed by atoms with Crippen LogP contribution in [0.15, 0.2) is 18.2 Å². The van der Waals surface area contributed by atoms with Gasteiger partial charge in [0.15, 0.2) is 0 Å². The molecule has 1 atom stereocenters. The Bertz CT molecular complexity index is 517. The predicted molar refractivity (Wildman–Crippen MR) is 80.3 cm³/mol. The van der Waals surface area contributed by atoms with Crippen molar-refractivity contribution in [2.45, 2.75) is 26.3 Å². The normalized spacial score (nSPS) is 21.6. The molecule has 1 unspecified atom stereocenters. The number of piperidine rings is 1. The second-order valence-corrected chi connectivity index (χ2v) is 6.39. The maximum absolute atomic E-state index is 12.7. The van der Waals surface area contributed by atoms with Crippen LogP contribution in [0.1, 0.15) is 30.6 Å². The molecule has 0 aromatic heterocycles. The van der Waals surface area contributed by atoms with Crippen molar-refractivity contribution < 1.29 is 9.53 Å². The lowest BCUT2D eigenvalue weighted by Crippen LogP contribution is -2.54. The fourth-order valence-corrected chi connectivity index (χ4v) is 2.74. The lowest BCUT2D eigenvalue weighted by atomic mass is 9.79. The third-order valence-electron chi connectivity index (χ3n) is 3.99. The number of nitrogens with two attached hydrogens (primary N) is 1. The van der Waals surface area contributed by atoms with Gasteiger partial charge in [0, 0.05) is 24.2 Å². The number of benzene rings is 1. The molecule has 110 valence electrons. The first-order valence-corrected chi connectivity index (χ1v) is 7.11. The average Bonchev–Trinajstić information content (AvgIpc) is 2.41. The number of likely N-dealkylation sites (tertiary alicyclic amines) is 1. The summed E-state index contributed by atoms with van der Waals surface area (Å²) in [5.41, 5.74) is 6.53. The number of methoxy groups -OCH3 is 1. The van der Waals surface area contributed by atoms with Crippen molar-refractivity contribution in [2.24, 2.45) is 11.1 Å². The maximum Gasteiger partial charge on any atom is 0.257 e. The first kappa shape index (κ1) is 15.1. The molecule has 0 saturated carbocycles. The Kier molecular flexibility index (Phi) is 4.25. The van der Waals surface area contributed by atoms with E-state index in [0.29, 0.717) is 29.4 Å². The van der Waals surface area contributed by atoms with Crippen molar-refractivity contribution in [1.82, 2.24) is 4.90 Å². The van der Waals surface area contributed by atoms with Crippen LogP contribution in [0.3, 0.4) is 0 Å². The van der Waals surface area contributed by atoms with Crippen LogP contribution in [0.2, 0.25) is 5.02 Å². The minimum absolute atomic E-state index is 0.0516. The molecule has 0 aliphatic carbocycles. The quantitative estimate of drug-likeness (QED) is 0.912. The van der Waals surface area contributed by atoms with Gasteiger partial charge in [-0.25, -0.2) is 0 Å². The van der Waals surface area contributed by atoms with Gasteiger partial charge in [-0.05, 0) is 30.0 Å². The Hall–Kier alpha value is -1.26. The smallest absolute Gasteiger partial charge is 0.257 e. The molecule has 0 bridgehead atoms. The average molecular weight is 297 g/mol. The highest BCUT2D eigenvalue weighted by atomic mass is 35.5. The van der Waals surface area contributed by atoms with E-state index in [0.717, 1.165) is 6.42 Å². The zero-order valence-corrected chi connectivity index (χ0v) is 12.9. The number of rotatable bonds is 2. The van der Waals surface area contributed by atoms with Crippen LogP contribution in [0.4, 0.5) is 0 Å². The van der Waals surface area contributed by atoms with Crippen molar-refractivity contribution in [3.8, 4) is 5.75 Å². The van der Waals surface area contributed by atoms with Crippen LogP contribution in [0.25, 0.3) is 0 Å². The molecular formula is C15H21ClN2O2. The van der Waals surface area contributed by atoms with Gasteiger partial charge in [-0.15, -0.1) is 0 Å². The Morgan fingerprint density at radius 2 is 2.20 bits per heavy atom. The molecule has 1 fully saturated rings. The van der Waals surface area contributed by atoms with Gasteiger partial charge in [0.1, 0.15) is 5.75 Å². The van der Waals surface area contributed by atoms with Gasteiger partial charge >= 0.3 is 0 Å². The molecular weight excluding hydrogens is 276 g/mol. The summed E-state index contributed by atoms with van der Waals surface area (Å²) in [6.45, 7) is 5.49. The molecule has 5 heteroatoms. The van der Waals surface area contributed by atoms with Crippen LogP contribution in [0.5, 0.6) is 5.75 Å². The Morgan fingerprint density at radius 3 is 2.80 bits per heavy atom. The standard InChI is InChI=1S/C15H21ClN2O2/c1-15(2)9-18(7-6-13(15)17)14(19)11-8-10(16)4-5-12(11)20-3/h4-5,8,13H,6-7,9,17H2,1-3H3. The molecule has 0 spiro atoms. The fourth-order valence-electron chi connectivity index (χ4n) is 2.56. The van der Waals surface area contributed by atoms with E-state index in [4.69, 9.17) is 22.1 Å². The molecule has 20 heavy (non-hydrogen) atoms. The van der Waals surface area contributed by atoms with E-state index in [2.05, 4.69) is 13.8 Å². The first-order valence-electron chi connectivity index (χ1n) is 6.73. The largest absolute Gasteiger partial charge is 0.496 e. The predicted octanol–water partition coefficient (Wildman–Crippen LogP) is 2.55. The Morgan fingerprint density at radius 1 is 1.50 bits per heavy atom. The third-order valence-corrected chi connectivity index (χ3v) is 4.23. The summed E-state index contributed by atoms with van der Waals surface area (Å²) in [6.07, 6.45) is 0.807. The van der Waals surface area contributed by atoms with Gasteiger partial charge in [-0.3, -0.25) is 4.79 Å². The van der Waals surface area contributed by atoms with Crippen molar-refractivity contribution >= 4 is 17.5 Å². The molecule has 2 N–H and O–H groups in total. The highest BCUT2D eigenvalue weighted by Crippen LogP contribution is 2.30. The van der Waals surface area contributed by atoms with E-state index in [1.807, 2.05) is 4.90 Å². The first-order chi connectivity index (χ1) is 9.35. The van der Waals surface area contributed by atoms with E-state index in [1.54, 1.807) is 25.3 Å². The number of ether oxygens (including phenoxy) is 1. The summed E-state index contributed by atoms with van der Waals surface area (Å²) < 4.78 is 5.25. The number of halogens is 1. The van der Waals surface area contributed by atoms with Crippen LogP contribution in [0, 0.1) is 5.41 Å². The molecule has 0 radical (unpaired) electrons. The Balaban J connectivity index is 2.26. The summed E-state index contributed by atoms with van der Waals surface area (Å²) in [5.74, 6) is 0.497. The van der Waals surface area contributed by atoms with Gasteiger partial charge in [0.25, 0.3) is 5.91 Å². The highest BCUT2D eigenvalue weighted by molar-refractivity contribution is 6.31. The molecule has 1 aromatic carbocycles. The van der Waals surface area contributed by atoms with Gasteiger partial charge in [-0.2, -0.15) is 0 Å². The third kappa shape index (κ3) is 2.91. The van der Waals surface area contributed by atoms with Gasteiger partial charge < -0.3 is 15.4 Å². The van der Waals surface area contributed by atoms with E-state index in [-0.39, 0.29) is 17.4 Å². The monoisotopic (exact) mass is 296 g/mol. The number of carbonyl (C=O) groups excluding carboxylic acids is 1. The van der Waals surface area contributed by atoms with E-state index < -0.39 is 0 Å². The van der Waals surface area contributed by atoms with Gasteiger partial charge in [0.2, 0.25) is 0 Å². The molecule has 1 heterocycles. The van der Waals surface area contributed by atoms with E-state index in [9.17, 15) is 4.79 Å². The summed E-state index contributed by atoms with van der Waals surface area (Å²) in [6, 6.07) is 5.21. The van der Waals surface area contributed by atoms with Crippen LogP contribution in [-0.4, -0.2) is 37.0 Å². The number of amides is 1.